The maximum Gasteiger partial charge on any atom is 0.225 e. The van der Waals surface area contributed by atoms with Gasteiger partial charge in [-0.1, -0.05) is 0 Å². The van der Waals surface area contributed by atoms with Crippen molar-refractivity contribution in [3.63, 3.8) is 0 Å². The first-order valence-electron chi connectivity index (χ1n) is 4.22. The van der Waals surface area contributed by atoms with Gasteiger partial charge in [-0.15, -0.1) is 5.10 Å². The lowest BCUT2D eigenvalue weighted by Gasteiger charge is -1.96. The summed E-state index contributed by atoms with van der Waals surface area (Å²) in [5.41, 5.74) is 5.91. The van der Waals surface area contributed by atoms with Gasteiger partial charge in [-0.2, -0.15) is 5.10 Å². The van der Waals surface area contributed by atoms with Gasteiger partial charge in [0.05, 0.1) is 18.3 Å². The highest BCUT2D eigenvalue weighted by molar-refractivity contribution is 5.75. The van der Waals surface area contributed by atoms with Crippen LogP contribution in [-0.4, -0.2) is 21.1 Å². The van der Waals surface area contributed by atoms with Crippen LogP contribution in [0.25, 0.3) is 0 Å². The van der Waals surface area contributed by atoms with E-state index < -0.39 is 5.91 Å². The monoisotopic (exact) mass is 178 g/mol. The van der Waals surface area contributed by atoms with Gasteiger partial charge in [0.25, 0.3) is 0 Å². The first-order valence-corrected chi connectivity index (χ1v) is 4.22. The molecule has 0 aliphatic heterocycles. The largest absolute Gasteiger partial charge is 0.369 e. The van der Waals surface area contributed by atoms with E-state index in [0.29, 0.717) is 11.7 Å². The second-order valence-corrected chi connectivity index (χ2v) is 3.22. The van der Waals surface area contributed by atoms with E-state index in [1.807, 2.05) is 0 Å². The smallest absolute Gasteiger partial charge is 0.225 e. The highest BCUT2D eigenvalue weighted by Gasteiger charge is 2.25. The molecule has 5 nitrogen and oxygen atoms in total. The van der Waals surface area contributed by atoms with Crippen molar-refractivity contribution in [2.45, 2.75) is 25.2 Å². The molecule has 1 aromatic rings. The molecule has 0 bridgehead atoms. The zero-order chi connectivity index (χ0) is 9.26. The molecule has 0 atom stereocenters. The molecule has 1 heterocycles. The topological polar surface area (TPSA) is 81.8 Å². The number of hydrogen-bond donors (Lipinski definition) is 1. The number of hydrogen-bond acceptors (Lipinski definition) is 4. The molecular weight excluding hydrogens is 168 g/mol. The second-order valence-electron chi connectivity index (χ2n) is 3.22. The number of amides is 1. The van der Waals surface area contributed by atoms with Gasteiger partial charge in [-0.3, -0.25) is 4.79 Å². The van der Waals surface area contributed by atoms with Crippen molar-refractivity contribution >= 4 is 5.91 Å². The summed E-state index contributed by atoms with van der Waals surface area (Å²) in [4.78, 5) is 14.5. The molecule has 5 heteroatoms. The third kappa shape index (κ3) is 1.99. The van der Waals surface area contributed by atoms with Gasteiger partial charge in [0.1, 0.15) is 0 Å². The third-order valence-electron chi connectivity index (χ3n) is 1.95. The van der Waals surface area contributed by atoms with E-state index >= 15 is 0 Å². The minimum atomic E-state index is -0.430. The highest BCUT2D eigenvalue weighted by atomic mass is 16.1. The molecule has 0 aromatic carbocycles. The van der Waals surface area contributed by atoms with Crippen molar-refractivity contribution in [1.82, 2.24) is 15.2 Å². The third-order valence-corrected chi connectivity index (χ3v) is 1.95. The Labute approximate surface area is 75.4 Å². The Morgan fingerprint density at radius 3 is 2.77 bits per heavy atom. The molecule has 1 fully saturated rings. The normalized spacial score (nSPS) is 15.7. The average molecular weight is 178 g/mol. The molecule has 1 aromatic heterocycles. The fourth-order valence-electron chi connectivity index (χ4n) is 1.11. The zero-order valence-corrected chi connectivity index (χ0v) is 7.10. The molecule has 1 aliphatic carbocycles. The molecule has 0 radical (unpaired) electrons. The molecule has 1 aliphatic rings. The Bertz CT molecular complexity index is 317. The van der Waals surface area contributed by atoms with Gasteiger partial charge in [0.15, 0.2) is 5.82 Å². The van der Waals surface area contributed by atoms with Crippen LogP contribution in [0.1, 0.15) is 30.3 Å². The van der Waals surface area contributed by atoms with Crippen molar-refractivity contribution in [3.8, 4) is 0 Å². The first-order chi connectivity index (χ1) is 6.25. The minimum Gasteiger partial charge on any atom is -0.369 e. The molecule has 0 unspecified atom stereocenters. The molecule has 68 valence electrons. The van der Waals surface area contributed by atoms with Crippen LogP contribution in [0, 0.1) is 0 Å². The highest BCUT2D eigenvalue weighted by Crippen LogP contribution is 2.38. The van der Waals surface area contributed by atoms with Crippen molar-refractivity contribution in [1.29, 1.82) is 0 Å². The fraction of sp³-hybridized carbons (Fsp3) is 0.500. The van der Waals surface area contributed by atoms with Crippen LogP contribution < -0.4 is 5.73 Å². The van der Waals surface area contributed by atoms with E-state index in [1.54, 1.807) is 6.20 Å². The predicted octanol–water partition coefficient (Wildman–Crippen LogP) is -0.223. The van der Waals surface area contributed by atoms with Crippen LogP contribution >= 0.6 is 0 Å². The molecule has 2 rings (SSSR count). The number of nitrogens with zero attached hydrogens (tertiary/aromatic N) is 3. The number of aromatic nitrogens is 3. The lowest BCUT2D eigenvalue weighted by molar-refractivity contribution is -0.117. The van der Waals surface area contributed by atoms with Crippen molar-refractivity contribution in [2.75, 3.05) is 0 Å². The lowest BCUT2D eigenvalue weighted by Crippen LogP contribution is -2.16. The van der Waals surface area contributed by atoms with E-state index in [9.17, 15) is 4.79 Å². The van der Waals surface area contributed by atoms with Crippen LogP contribution in [-0.2, 0) is 11.2 Å². The van der Waals surface area contributed by atoms with Crippen molar-refractivity contribution < 1.29 is 4.79 Å². The van der Waals surface area contributed by atoms with Gasteiger partial charge in [-0.05, 0) is 12.8 Å². The summed E-state index contributed by atoms with van der Waals surface area (Å²) < 4.78 is 0. The Morgan fingerprint density at radius 1 is 1.54 bits per heavy atom. The summed E-state index contributed by atoms with van der Waals surface area (Å²) in [6.07, 6.45) is 4.10. The molecule has 1 amide bonds. The van der Waals surface area contributed by atoms with Crippen LogP contribution in [0.5, 0.6) is 0 Å². The van der Waals surface area contributed by atoms with E-state index in [-0.39, 0.29) is 6.42 Å². The Morgan fingerprint density at radius 2 is 2.31 bits per heavy atom. The average Bonchev–Trinajstić information content (AvgIpc) is 2.87. The Balaban J connectivity index is 2.08. The summed E-state index contributed by atoms with van der Waals surface area (Å²) in [6, 6.07) is 0. The Hall–Kier alpha value is -1.52. The van der Waals surface area contributed by atoms with Crippen LogP contribution in [0.15, 0.2) is 6.20 Å². The fourth-order valence-corrected chi connectivity index (χ4v) is 1.11. The van der Waals surface area contributed by atoms with Gasteiger partial charge in [0, 0.05) is 5.92 Å². The van der Waals surface area contributed by atoms with E-state index in [1.165, 1.54) is 12.8 Å². The molecule has 2 N–H and O–H groups in total. The van der Waals surface area contributed by atoms with Gasteiger partial charge >= 0.3 is 0 Å². The molecular formula is C8H10N4O. The maximum atomic E-state index is 10.5. The van der Waals surface area contributed by atoms with E-state index in [0.717, 1.165) is 5.69 Å². The number of carbonyl (C=O) groups excluding carboxylic acids is 1. The number of rotatable bonds is 3. The summed E-state index contributed by atoms with van der Waals surface area (Å²) in [5, 5.41) is 7.79. The van der Waals surface area contributed by atoms with Gasteiger partial charge in [0.2, 0.25) is 5.91 Å². The van der Waals surface area contributed by atoms with E-state index in [4.69, 9.17) is 5.73 Å². The number of nitrogens with two attached hydrogens (primary N) is 1. The quantitative estimate of drug-likeness (QED) is 0.693. The summed E-state index contributed by atoms with van der Waals surface area (Å²) in [6.45, 7) is 0. The lowest BCUT2D eigenvalue weighted by atomic mass is 10.3. The second kappa shape index (κ2) is 3.08. The standard InChI is InChI=1S/C8H10N4O/c9-7(13)3-8-10-4-6(11-12-8)5-1-2-5/h4-5H,1-3H2,(H2,9,13). The summed E-state index contributed by atoms with van der Waals surface area (Å²) in [5.74, 6) is 0.514. The molecule has 0 saturated heterocycles. The predicted molar refractivity (Wildman–Crippen MR) is 44.7 cm³/mol. The summed E-state index contributed by atoms with van der Waals surface area (Å²) in [7, 11) is 0. The molecule has 1 saturated carbocycles. The van der Waals surface area contributed by atoms with Crippen LogP contribution in [0.3, 0.4) is 0 Å². The maximum absolute atomic E-state index is 10.5. The van der Waals surface area contributed by atoms with Gasteiger partial charge in [-0.25, -0.2) is 4.98 Å². The SMILES string of the molecule is NC(=O)Cc1ncc(C2CC2)nn1. The first kappa shape index (κ1) is 8.10. The van der Waals surface area contributed by atoms with Crippen molar-refractivity contribution in [2.24, 2.45) is 5.73 Å². The number of carbonyl (C=O) groups is 1. The number of primary amides is 1. The van der Waals surface area contributed by atoms with Gasteiger partial charge < -0.3 is 5.73 Å². The zero-order valence-electron chi connectivity index (χ0n) is 7.10. The van der Waals surface area contributed by atoms with Crippen LogP contribution in [0.4, 0.5) is 0 Å². The molecule has 13 heavy (non-hydrogen) atoms. The molecule has 0 spiro atoms. The summed E-state index contributed by atoms with van der Waals surface area (Å²) >= 11 is 0. The Kier molecular flexibility index (Phi) is 1.92. The minimum absolute atomic E-state index is 0.0674. The van der Waals surface area contributed by atoms with Crippen LogP contribution in [0.2, 0.25) is 0 Å². The van der Waals surface area contributed by atoms with E-state index in [2.05, 4.69) is 15.2 Å². The van der Waals surface area contributed by atoms with Crippen molar-refractivity contribution in [3.05, 3.63) is 17.7 Å².